The largest absolute Gasteiger partial charge is 0.497 e. The van der Waals surface area contributed by atoms with E-state index in [1.165, 1.54) is 0 Å². The lowest BCUT2D eigenvalue weighted by Crippen LogP contribution is -2.54. The summed E-state index contributed by atoms with van der Waals surface area (Å²) in [6.45, 7) is 3.58. The van der Waals surface area contributed by atoms with E-state index in [-0.39, 0.29) is 36.0 Å². The van der Waals surface area contributed by atoms with Crippen molar-refractivity contribution >= 4 is 5.91 Å². The maximum absolute atomic E-state index is 13.3. The van der Waals surface area contributed by atoms with Crippen molar-refractivity contribution in [3.05, 3.63) is 52.4 Å². The highest BCUT2D eigenvalue weighted by molar-refractivity contribution is 5.83. The molecule has 2 N–H and O–H groups in total. The number of amides is 1. The van der Waals surface area contributed by atoms with Crippen LogP contribution in [0.15, 0.2) is 41.2 Å². The second-order valence-corrected chi connectivity index (χ2v) is 9.08. The average Bonchev–Trinajstić information content (AvgIpc) is 3.36. The minimum Gasteiger partial charge on any atom is -0.497 e. The summed E-state index contributed by atoms with van der Waals surface area (Å²) in [6.07, 6.45) is 0. The van der Waals surface area contributed by atoms with Gasteiger partial charge in [0.25, 0.3) is 5.56 Å². The van der Waals surface area contributed by atoms with Crippen molar-refractivity contribution in [2.75, 3.05) is 46.9 Å². The van der Waals surface area contributed by atoms with Crippen molar-refractivity contribution in [2.24, 2.45) is 11.8 Å². The minimum atomic E-state index is -0.413. The molecule has 4 heterocycles. The lowest BCUT2D eigenvalue weighted by atomic mass is 9.88. The van der Waals surface area contributed by atoms with Crippen molar-refractivity contribution in [1.29, 1.82) is 0 Å². The van der Waals surface area contributed by atoms with Gasteiger partial charge in [0.15, 0.2) is 0 Å². The van der Waals surface area contributed by atoms with Gasteiger partial charge in [0, 0.05) is 62.4 Å². The van der Waals surface area contributed by atoms with Gasteiger partial charge in [0.1, 0.15) is 5.75 Å². The standard InChI is InChI=1S/C24H30N4O4/c1-26-9-11-27(12-10-26)24(31)22-19(14-29)18-13-28-20(21(18)25-22)8-7-17(23(28)30)15-3-5-16(32-2)6-4-15/h3-8,18-19,21-22,25,29H,9-14H2,1-2H3/t18-,19-,21+,22-/m1/s1. The number of carbonyl (C=O) groups is 1. The van der Waals surface area contributed by atoms with Gasteiger partial charge in [-0.2, -0.15) is 0 Å². The smallest absolute Gasteiger partial charge is 0.258 e. The number of aliphatic hydroxyl groups excluding tert-OH is 1. The lowest BCUT2D eigenvalue weighted by molar-refractivity contribution is -0.136. The number of rotatable bonds is 4. The van der Waals surface area contributed by atoms with Crippen LogP contribution in [0.4, 0.5) is 0 Å². The zero-order valence-corrected chi connectivity index (χ0v) is 18.5. The number of benzene rings is 1. The van der Waals surface area contributed by atoms with Crippen LogP contribution in [0.1, 0.15) is 11.7 Å². The molecule has 32 heavy (non-hydrogen) atoms. The molecule has 0 radical (unpaired) electrons. The van der Waals surface area contributed by atoms with E-state index in [0.717, 1.165) is 30.1 Å². The number of pyridine rings is 1. The van der Waals surface area contributed by atoms with E-state index in [2.05, 4.69) is 17.3 Å². The number of likely N-dealkylation sites (N-methyl/N-ethyl adjacent to an activating group) is 1. The quantitative estimate of drug-likeness (QED) is 0.725. The summed E-state index contributed by atoms with van der Waals surface area (Å²) < 4.78 is 7.02. The Balaban J connectivity index is 1.40. The fraction of sp³-hybridized carbons (Fsp3) is 0.500. The fourth-order valence-electron chi connectivity index (χ4n) is 5.45. The number of ether oxygens (including phenoxy) is 1. The number of carbonyl (C=O) groups excluding carboxylic acids is 1. The molecular formula is C24H30N4O4. The summed E-state index contributed by atoms with van der Waals surface area (Å²) in [6, 6.07) is 10.8. The fourth-order valence-corrected chi connectivity index (χ4v) is 5.45. The highest BCUT2D eigenvalue weighted by atomic mass is 16.5. The van der Waals surface area contributed by atoms with Crippen LogP contribution in [-0.4, -0.2) is 78.4 Å². The normalized spacial score (nSPS) is 27.3. The first-order valence-electron chi connectivity index (χ1n) is 11.2. The maximum atomic E-state index is 13.3. The van der Waals surface area contributed by atoms with E-state index in [4.69, 9.17) is 4.74 Å². The van der Waals surface area contributed by atoms with Gasteiger partial charge in [-0.3, -0.25) is 14.9 Å². The summed E-state index contributed by atoms with van der Waals surface area (Å²) in [4.78, 5) is 30.6. The molecule has 1 aromatic carbocycles. The number of fused-ring (bicyclic) bond motifs is 3. The van der Waals surface area contributed by atoms with Crippen molar-refractivity contribution in [2.45, 2.75) is 18.6 Å². The Morgan fingerprint density at radius 2 is 1.84 bits per heavy atom. The van der Waals surface area contributed by atoms with Gasteiger partial charge in [0.2, 0.25) is 5.91 Å². The Kier molecular flexibility index (Phi) is 5.53. The Labute approximate surface area is 187 Å². The molecule has 0 spiro atoms. The summed E-state index contributed by atoms with van der Waals surface area (Å²) >= 11 is 0. The summed E-state index contributed by atoms with van der Waals surface area (Å²) in [5.74, 6) is 0.613. The van der Waals surface area contributed by atoms with Gasteiger partial charge in [-0.1, -0.05) is 12.1 Å². The Hall–Kier alpha value is -2.68. The van der Waals surface area contributed by atoms with Crippen molar-refractivity contribution in [1.82, 2.24) is 19.7 Å². The number of aromatic nitrogens is 1. The number of nitrogens with zero attached hydrogens (tertiary/aromatic N) is 3. The number of hydrogen-bond acceptors (Lipinski definition) is 6. The topological polar surface area (TPSA) is 87.0 Å². The Bertz CT molecular complexity index is 1060. The van der Waals surface area contributed by atoms with Gasteiger partial charge in [-0.05, 0) is 36.9 Å². The van der Waals surface area contributed by atoms with Crippen LogP contribution in [-0.2, 0) is 11.3 Å². The van der Waals surface area contributed by atoms with Crippen LogP contribution in [0.2, 0.25) is 0 Å². The van der Waals surface area contributed by atoms with E-state index < -0.39 is 6.04 Å². The minimum absolute atomic E-state index is 0.0141. The molecule has 1 amide bonds. The molecule has 0 aliphatic carbocycles. The van der Waals surface area contributed by atoms with E-state index >= 15 is 0 Å². The molecule has 2 saturated heterocycles. The molecule has 170 valence electrons. The molecule has 8 heteroatoms. The van der Waals surface area contributed by atoms with Crippen molar-refractivity contribution in [3.8, 4) is 16.9 Å². The van der Waals surface area contributed by atoms with E-state index in [1.54, 1.807) is 11.7 Å². The molecule has 5 rings (SSSR count). The third-order valence-electron chi connectivity index (χ3n) is 7.38. The second-order valence-electron chi connectivity index (χ2n) is 9.08. The molecule has 3 aliphatic rings. The predicted octanol–water partition coefficient (Wildman–Crippen LogP) is 0.549. The van der Waals surface area contributed by atoms with Crippen LogP contribution in [0.5, 0.6) is 5.75 Å². The monoisotopic (exact) mass is 438 g/mol. The number of piperazine rings is 1. The highest BCUT2D eigenvalue weighted by Crippen LogP contribution is 2.43. The Morgan fingerprint density at radius 3 is 2.50 bits per heavy atom. The van der Waals surface area contributed by atoms with E-state index in [1.807, 2.05) is 41.3 Å². The molecular weight excluding hydrogens is 408 g/mol. The zero-order valence-electron chi connectivity index (χ0n) is 18.5. The van der Waals surface area contributed by atoms with Crippen molar-refractivity contribution in [3.63, 3.8) is 0 Å². The number of hydrogen-bond donors (Lipinski definition) is 2. The van der Waals surface area contributed by atoms with Gasteiger partial charge >= 0.3 is 0 Å². The summed E-state index contributed by atoms with van der Waals surface area (Å²) in [5.41, 5.74) is 2.34. The number of nitrogens with one attached hydrogen (secondary N) is 1. The highest BCUT2D eigenvalue weighted by Gasteiger charge is 2.51. The van der Waals surface area contributed by atoms with E-state index in [9.17, 15) is 14.7 Å². The second kappa shape index (κ2) is 8.35. The van der Waals surface area contributed by atoms with Crippen LogP contribution in [0.3, 0.4) is 0 Å². The molecule has 1 aromatic heterocycles. The first-order chi connectivity index (χ1) is 15.5. The Morgan fingerprint density at radius 1 is 1.12 bits per heavy atom. The third kappa shape index (κ3) is 3.43. The van der Waals surface area contributed by atoms with Crippen LogP contribution >= 0.6 is 0 Å². The van der Waals surface area contributed by atoms with Gasteiger partial charge in [0.05, 0.1) is 19.2 Å². The van der Waals surface area contributed by atoms with Gasteiger partial charge < -0.3 is 24.2 Å². The average molecular weight is 439 g/mol. The molecule has 3 aliphatic heterocycles. The molecule has 0 unspecified atom stereocenters. The SMILES string of the molecule is COc1ccc(-c2ccc3n(c2=O)C[C@@H]2[C@@H](CO)[C@H](C(=O)N4CCN(C)CC4)N[C@H]32)cc1. The predicted molar refractivity (Wildman–Crippen MR) is 120 cm³/mol. The van der Waals surface area contributed by atoms with Crippen LogP contribution in [0, 0.1) is 11.8 Å². The van der Waals surface area contributed by atoms with Gasteiger partial charge in [-0.25, -0.2) is 0 Å². The first-order valence-corrected chi connectivity index (χ1v) is 11.2. The third-order valence-corrected chi connectivity index (χ3v) is 7.38. The lowest BCUT2D eigenvalue weighted by Gasteiger charge is -2.35. The first kappa shape index (κ1) is 21.2. The van der Waals surface area contributed by atoms with Gasteiger partial charge in [-0.15, -0.1) is 0 Å². The molecule has 2 aromatic rings. The zero-order chi connectivity index (χ0) is 22.4. The maximum Gasteiger partial charge on any atom is 0.258 e. The van der Waals surface area contributed by atoms with Crippen LogP contribution in [0.25, 0.3) is 11.1 Å². The number of methoxy groups -OCH3 is 1. The van der Waals surface area contributed by atoms with Crippen LogP contribution < -0.4 is 15.6 Å². The molecule has 4 atom stereocenters. The van der Waals surface area contributed by atoms with E-state index in [0.29, 0.717) is 25.2 Å². The molecule has 8 nitrogen and oxygen atoms in total. The van der Waals surface area contributed by atoms with Crippen molar-refractivity contribution < 1.29 is 14.6 Å². The molecule has 0 bridgehead atoms. The summed E-state index contributed by atoms with van der Waals surface area (Å²) in [5, 5.41) is 13.7. The number of aliphatic hydroxyl groups is 1. The molecule has 2 fully saturated rings. The summed E-state index contributed by atoms with van der Waals surface area (Å²) in [7, 11) is 3.68. The molecule has 0 saturated carbocycles.